The number of aryl methyl sites for hydroxylation is 1. The molecule has 1 unspecified atom stereocenters. The first-order valence-electron chi connectivity index (χ1n) is 8.77. The molecule has 4 atom stereocenters. The number of nitrogens with two attached hydrogens (primary N) is 1. The standard InChI is InChI=1S/C17H19N7O5/c1-7-2-4-8(5-3-7)22-23-17-19-10-13(20-16(18)21-14(10)28)24(17)15-12(27)11(26)9(6-25)29-15/h2-5,9,11-12,15,25-27H,6H2,1H3,(H3,18,20,21,28)/b23-22+/t9-,11?,12+,15-/m1/s1. The second-order valence-corrected chi connectivity index (χ2v) is 6.67. The Kier molecular flexibility index (Phi) is 4.84. The highest BCUT2D eigenvalue weighted by Gasteiger charge is 2.45. The maximum Gasteiger partial charge on any atom is 0.280 e. The first-order valence-corrected chi connectivity index (χ1v) is 8.77. The third-order valence-corrected chi connectivity index (χ3v) is 4.61. The predicted molar refractivity (Wildman–Crippen MR) is 101 cm³/mol. The Balaban J connectivity index is 1.85. The van der Waals surface area contributed by atoms with Crippen LogP contribution in [0.25, 0.3) is 11.2 Å². The van der Waals surface area contributed by atoms with Gasteiger partial charge in [-0.1, -0.05) is 17.7 Å². The lowest BCUT2D eigenvalue weighted by Crippen LogP contribution is -2.33. The highest BCUT2D eigenvalue weighted by molar-refractivity contribution is 5.74. The summed E-state index contributed by atoms with van der Waals surface area (Å²) in [5.41, 5.74) is 6.53. The van der Waals surface area contributed by atoms with Crippen molar-refractivity contribution in [2.24, 2.45) is 10.2 Å². The van der Waals surface area contributed by atoms with Crippen LogP contribution in [0.2, 0.25) is 0 Å². The van der Waals surface area contributed by atoms with E-state index in [2.05, 4.69) is 25.2 Å². The number of benzene rings is 1. The molecule has 0 aliphatic carbocycles. The molecule has 12 heteroatoms. The second-order valence-electron chi connectivity index (χ2n) is 6.67. The summed E-state index contributed by atoms with van der Waals surface area (Å²) in [6.45, 7) is 1.42. The molecule has 29 heavy (non-hydrogen) atoms. The van der Waals surface area contributed by atoms with Crippen LogP contribution in [-0.4, -0.2) is 59.8 Å². The Hall–Kier alpha value is -3.19. The molecule has 0 amide bonds. The molecule has 0 spiro atoms. The van der Waals surface area contributed by atoms with E-state index in [0.717, 1.165) is 5.56 Å². The van der Waals surface area contributed by atoms with E-state index in [9.17, 15) is 20.1 Å². The van der Waals surface area contributed by atoms with Gasteiger partial charge in [-0.2, -0.15) is 4.98 Å². The summed E-state index contributed by atoms with van der Waals surface area (Å²) in [5, 5.41) is 38.1. The van der Waals surface area contributed by atoms with E-state index in [1.54, 1.807) is 12.1 Å². The molecular weight excluding hydrogens is 382 g/mol. The van der Waals surface area contributed by atoms with Gasteiger partial charge in [0.25, 0.3) is 11.5 Å². The van der Waals surface area contributed by atoms with Gasteiger partial charge < -0.3 is 25.8 Å². The number of aliphatic hydroxyl groups is 3. The molecule has 0 bridgehead atoms. The fourth-order valence-corrected chi connectivity index (χ4v) is 3.10. The lowest BCUT2D eigenvalue weighted by Gasteiger charge is -2.17. The van der Waals surface area contributed by atoms with Crippen LogP contribution in [-0.2, 0) is 4.74 Å². The van der Waals surface area contributed by atoms with Crippen molar-refractivity contribution in [1.82, 2.24) is 19.5 Å². The number of nitrogens with one attached hydrogen (secondary N) is 1. The first-order chi connectivity index (χ1) is 13.9. The van der Waals surface area contributed by atoms with Crippen LogP contribution >= 0.6 is 0 Å². The number of aliphatic hydroxyl groups excluding tert-OH is 3. The van der Waals surface area contributed by atoms with Crippen LogP contribution in [0.4, 0.5) is 17.6 Å². The Bertz CT molecular complexity index is 1120. The summed E-state index contributed by atoms with van der Waals surface area (Å²) >= 11 is 0. The number of H-pyrrole nitrogens is 1. The summed E-state index contributed by atoms with van der Waals surface area (Å²) in [7, 11) is 0. The highest BCUT2D eigenvalue weighted by Crippen LogP contribution is 2.35. The number of azo groups is 1. The summed E-state index contributed by atoms with van der Waals surface area (Å²) in [6.07, 6.45) is -5.04. The van der Waals surface area contributed by atoms with Gasteiger partial charge in [-0.15, -0.1) is 10.2 Å². The molecule has 3 heterocycles. The number of aromatic amines is 1. The largest absolute Gasteiger partial charge is 0.394 e. The fraction of sp³-hybridized carbons (Fsp3) is 0.353. The number of anilines is 1. The van der Waals surface area contributed by atoms with Gasteiger partial charge in [0.15, 0.2) is 17.4 Å². The minimum absolute atomic E-state index is 0.000976. The predicted octanol–water partition coefficient (Wildman–Crippen LogP) is 0.0371. The number of rotatable bonds is 4. The number of imidazole rings is 1. The topological polar surface area (TPSA) is 184 Å². The van der Waals surface area contributed by atoms with Gasteiger partial charge in [0, 0.05) is 0 Å². The van der Waals surface area contributed by atoms with E-state index in [-0.39, 0.29) is 23.1 Å². The molecule has 2 aromatic heterocycles. The number of fused-ring (bicyclic) bond motifs is 1. The molecule has 1 aromatic carbocycles. The molecule has 1 saturated heterocycles. The van der Waals surface area contributed by atoms with E-state index >= 15 is 0 Å². The van der Waals surface area contributed by atoms with Crippen LogP contribution in [0.1, 0.15) is 11.8 Å². The van der Waals surface area contributed by atoms with E-state index in [0.29, 0.717) is 5.69 Å². The molecule has 3 aromatic rings. The van der Waals surface area contributed by atoms with Gasteiger partial charge in [0.05, 0.1) is 12.3 Å². The Morgan fingerprint density at radius 3 is 2.59 bits per heavy atom. The van der Waals surface area contributed by atoms with E-state index < -0.39 is 36.7 Å². The molecule has 6 N–H and O–H groups in total. The van der Waals surface area contributed by atoms with Crippen LogP contribution < -0.4 is 11.3 Å². The number of hydrogen-bond acceptors (Lipinski definition) is 10. The average Bonchev–Trinajstić information content (AvgIpc) is 3.19. The third kappa shape index (κ3) is 3.38. The summed E-state index contributed by atoms with van der Waals surface area (Å²) in [6, 6.07) is 7.22. The Morgan fingerprint density at radius 1 is 1.21 bits per heavy atom. The SMILES string of the molecule is Cc1ccc(/N=N/c2nc3c(=O)[nH]c(N)nc3n2[C@@H]2O[C@H](CO)C(O)[C@@H]2O)cc1. The van der Waals surface area contributed by atoms with Gasteiger partial charge in [0.2, 0.25) is 5.95 Å². The number of ether oxygens (including phenoxy) is 1. The summed E-state index contributed by atoms with van der Waals surface area (Å²) < 4.78 is 6.78. The molecule has 152 valence electrons. The van der Waals surface area contributed by atoms with Crippen LogP contribution in [0.15, 0.2) is 39.3 Å². The molecule has 12 nitrogen and oxygen atoms in total. The average molecular weight is 401 g/mol. The van der Waals surface area contributed by atoms with Crippen molar-refractivity contribution in [2.75, 3.05) is 12.3 Å². The normalized spacial score (nSPS) is 24.7. The van der Waals surface area contributed by atoms with Gasteiger partial charge in [-0.3, -0.25) is 14.3 Å². The van der Waals surface area contributed by atoms with Crippen molar-refractivity contribution >= 4 is 28.7 Å². The molecule has 1 aliphatic rings. The lowest BCUT2D eigenvalue weighted by atomic mass is 10.1. The summed E-state index contributed by atoms with van der Waals surface area (Å²) in [5.74, 6) is -0.253. The smallest absolute Gasteiger partial charge is 0.280 e. The molecule has 4 rings (SSSR count). The van der Waals surface area contributed by atoms with Crippen molar-refractivity contribution in [2.45, 2.75) is 31.5 Å². The molecular formula is C17H19N7O5. The molecule has 1 fully saturated rings. The quantitative estimate of drug-likeness (QED) is 0.379. The highest BCUT2D eigenvalue weighted by atomic mass is 16.6. The van der Waals surface area contributed by atoms with Crippen molar-refractivity contribution in [1.29, 1.82) is 0 Å². The van der Waals surface area contributed by atoms with E-state index in [1.165, 1.54) is 4.57 Å². The van der Waals surface area contributed by atoms with Gasteiger partial charge in [-0.05, 0) is 19.1 Å². The van der Waals surface area contributed by atoms with Crippen molar-refractivity contribution in [3.8, 4) is 0 Å². The minimum Gasteiger partial charge on any atom is -0.394 e. The van der Waals surface area contributed by atoms with Gasteiger partial charge >= 0.3 is 0 Å². The van der Waals surface area contributed by atoms with E-state index in [1.807, 2.05) is 19.1 Å². The Labute approximate surface area is 163 Å². The zero-order valence-electron chi connectivity index (χ0n) is 15.3. The minimum atomic E-state index is -1.43. The Morgan fingerprint density at radius 2 is 1.93 bits per heavy atom. The van der Waals surface area contributed by atoms with Crippen molar-refractivity contribution in [3.63, 3.8) is 0 Å². The zero-order valence-corrected chi connectivity index (χ0v) is 15.3. The number of aromatic nitrogens is 4. The number of nitrogens with zero attached hydrogens (tertiary/aromatic N) is 5. The second kappa shape index (κ2) is 7.33. The fourth-order valence-electron chi connectivity index (χ4n) is 3.10. The van der Waals surface area contributed by atoms with Gasteiger partial charge in [0.1, 0.15) is 18.3 Å². The first kappa shape index (κ1) is 19.1. The maximum absolute atomic E-state index is 12.2. The number of hydrogen-bond donors (Lipinski definition) is 5. The van der Waals surface area contributed by atoms with Crippen LogP contribution in [0, 0.1) is 6.92 Å². The monoisotopic (exact) mass is 401 g/mol. The molecule has 0 saturated carbocycles. The lowest BCUT2D eigenvalue weighted by molar-refractivity contribution is -0.0503. The summed E-state index contributed by atoms with van der Waals surface area (Å²) in [4.78, 5) is 22.8. The molecule has 0 radical (unpaired) electrons. The van der Waals surface area contributed by atoms with Crippen LogP contribution in [0.3, 0.4) is 0 Å². The maximum atomic E-state index is 12.2. The van der Waals surface area contributed by atoms with Crippen molar-refractivity contribution < 1.29 is 20.1 Å². The third-order valence-electron chi connectivity index (χ3n) is 4.61. The molecule has 1 aliphatic heterocycles. The van der Waals surface area contributed by atoms with Gasteiger partial charge in [-0.25, -0.2) is 4.98 Å². The van der Waals surface area contributed by atoms with Crippen molar-refractivity contribution in [3.05, 3.63) is 40.2 Å². The number of nitrogen functional groups attached to an aromatic ring is 1. The van der Waals surface area contributed by atoms with E-state index in [4.69, 9.17) is 10.5 Å². The zero-order chi connectivity index (χ0) is 20.7. The van der Waals surface area contributed by atoms with Crippen LogP contribution in [0.5, 0.6) is 0 Å².